The number of rotatable bonds is 4. The minimum atomic E-state index is -3.02. The van der Waals surface area contributed by atoms with Crippen LogP contribution in [0.4, 0.5) is 13.6 Å². The van der Waals surface area contributed by atoms with Crippen molar-refractivity contribution >= 4 is 12.1 Å². The summed E-state index contributed by atoms with van der Waals surface area (Å²) < 4.78 is 40.4. The zero-order valence-corrected chi connectivity index (χ0v) is 19.0. The van der Waals surface area contributed by atoms with Crippen LogP contribution < -0.4 is 0 Å². The van der Waals surface area contributed by atoms with Gasteiger partial charge in [0.25, 0.3) is 5.92 Å². The summed E-state index contributed by atoms with van der Waals surface area (Å²) in [5.74, 6) is -3.36. The van der Waals surface area contributed by atoms with Crippen LogP contribution in [0.1, 0.15) is 68.2 Å². The molecule has 0 bridgehead atoms. The summed E-state index contributed by atoms with van der Waals surface area (Å²) in [4.78, 5) is 27.8. The number of fused-ring (bicyclic) bond motifs is 1. The van der Waals surface area contributed by atoms with Crippen molar-refractivity contribution in [2.24, 2.45) is 5.41 Å². The summed E-state index contributed by atoms with van der Waals surface area (Å²) >= 11 is 0. The SMILES string of the molecule is CC(C)(C)OC(=O)N1CC(F)(F)C2[C@@H]1CCN2CCC(C)(C)C(=O)OC(C)(C)C. The first kappa shape index (κ1) is 23.8. The van der Waals surface area contributed by atoms with Crippen LogP contribution in [0.5, 0.6) is 0 Å². The second-order valence-electron chi connectivity index (χ2n) is 10.8. The van der Waals surface area contributed by atoms with Crippen molar-refractivity contribution < 1.29 is 27.8 Å². The Balaban J connectivity index is 2.05. The standard InChI is InChI=1S/C21H36F2N2O4/c1-18(2,3)28-16(26)20(7,8)10-12-24-11-9-14-15(24)21(22,23)13-25(14)17(27)29-19(4,5)6/h14-15H,9-13H2,1-8H3/t14-,15?/m0/s1. The van der Waals surface area contributed by atoms with Gasteiger partial charge < -0.3 is 9.47 Å². The summed E-state index contributed by atoms with van der Waals surface area (Å²) in [6.07, 6.45) is 0.167. The van der Waals surface area contributed by atoms with Gasteiger partial charge in [0.05, 0.1) is 24.0 Å². The van der Waals surface area contributed by atoms with Crippen molar-refractivity contribution in [3.8, 4) is 0 Å². The van der Waals surface area contributed by atoms with E-state index in [0.29, 0.717) is 25.9 Å². The third kappa shape index (κ3) is 5.80. The summed E-state index contributed by atoms with van der Waals surface area (Å²) in [5, 5.41) is 0. The molecule has 29 heavy (non-hydrogen) atoms. The molecule has 0 aliphatic carbocycles. The first-order valence-electron chi connectivity index (χ1n) is 10.3. The monoisotopic (exact) mass is 418 g/mol. The van der Waals surface area contributed by atoms with Gasteiger partial charge in [0.1, 0.15) is 11.2 Å². The van der Waals surface area contributed by atoms with E-state index in [1.54, 1.807) is 60.3 Å². The van der Waals surface area contributed by atoms with Gasteiger partial charge in [0.2, 0.25) is 0 Å². The van der Waals surface area contributed by atoms with Gasteiger partial charge in [0, 0.05) is 6.54 Å². The van der Waals surface area contributed by atoms with Crippen LogP contribution in [0.3, 0.4) is 0 Å². The Morgan fingerprint density at radius 3 is 2.07 bits per heavy atom. The van der Waals surface area contributed by atoms with Crippen molar-refractivity contribution in [3.63, 3.8) is 0 Å². The third-order valence-electron chi connectivity index (χ3n) is 5.29. The van der Waals surface area contributed by atoms with Gasteiger partial charge in [-0.2, -0.15) is 0 Å². The number of alkyl halides is 2. The molecule has 0 N–H and O–H groups in total. The summed E-state index contributed by atoms with van der Waals surface area (Å²) in [6.45, 7) is 14.3. The smallest absolute Gasteiger partial charge is 0.410 e. The Bertz CT molecular complexity index is 638. The zero-order chi connectivity index (χ0) is 22.4. The number of amides is 1. The fourth-order valence-electron chi connectivity index (χ4n) is 3.86. The largest absolute Gasteiger partial charge is 0.460 e. The lowest BCUT2D eigenvalue weighted by atomic mass is 9.88. The second kappa shape index (κ2) is 7.67. The molecule has 2 saturated heterocycles. The number of carbonyl (C=O) groups is 2. The third-order valence-corrected chi connectivity index (χ3v) is 5.29. The Hall–Kier alpha value is -1.44. The van der Waals surface area contributed by atoms with E-state index in [1.807, 2.05) is 0 Å². The Kier molecular flexibility index (Phi) is 6.31. The number of likely N-dealkylation sites (tertiary alicyclic amines) is 2. The molecule has 2 heterocycles. The number of carbonyl (C=O) groups excluding carboxylic acids is 2. The molecule has 1 unspecified atom stereocenters. The van der Waals surface area contributed by atoms with Crippen LogP contribution in [-0.2, 0) is 14.3 Å². The van der Waals surface area contributed by atoms with Crippen molar-refractivity contribution in [1.82, 2.24) is 9.80 Å². The average Bonchev–Trinajstić information content (AvgIpc) is 3.02. The van der Waals surface area contributed by atoms with Crippen molar-refractivity contribution in [1.29, 1.82) is 0 Å². The highest BCUT2D eigenvalue weighted by Gasteiger charge is 2.61. The first-order chi connectivity index (χ1) is 12.9. The highest BCUT2D eigenvalue weighted by atomic mass is 19.3. The van der Waals surface area contributed by atoms with E-state index in [9.17, 15) is 18.4 Å². The summed E-state index contributed by atoms with van der Waals surface area (Å²) in [7, 11) is 0. The topological polar surface area (TPSA) is 59.1 Å². The Morgan fingerprint density at radius 1 is 1.00 bits per heavy atom. The van der Waals surface area contributed by atoms with E-state index in [1.165, 1.54) is 4.90 Å². The normalized spacial score (nSPS) is 25.1. The van der Waals surface area contributed by atoms with E-state index in [0.717, 1.165) is 0 Å². The molecule has 0 aromatic heterocycles. The van der Waals surface area contributed by atoms with Crippen LogP contribution in [-0.4, -0.2) is 70.7 Å². The molecule has 8 heteroatoms. The van der Waals surface area contributed by atoms with Gasteiger partial charge in [-0.05, 0) is 74.8 Å². The minimum Gasteiger partial charge on any atom is -0.460 e. The van der Waals surface area contributed by atoms with Gasteiger partial charge in [-0.1, -0.05) is 0 Å². The van der Waals surface area contributed by atoms with Gasteiger partial charge in [-0.25, -0.2) is 13.6 Å². The van der Waals surface area contributed by atoms with E-state index in [4.69, 9.17) is 9.47 Å². The first-order valence-corrected chi connectivity index (χ1v) is 10.3. The van der Waals surface area contributed by atoms with Gasteiger partial charge in [0.15, 0.2) is 0 Å². The quantitative estimate of drug-likeness (QED) is 0.644. The lowest BCUT2D eigenvalue weighted by Gasteiger charge is -2.32. The summed E-state index contributed by atoms with van der Waals surface area (Å²) in [6, 6.07) is -1.63. The van der Waals surface area contributed by atoms with Crippen LogP contribution in [0.25, 0.3) is 0 Å². The fraction of sp³-hybridized carbons (Fsp3) is 0.905. The molecule has 2 fully saturated rings. The lowest BCUT2D eigenvalue weighted by Crippen LogP contribution is -2.47. The molecule has 0 aromatic rings. The number of ether oxygens (including phenoxy) is 2. The van der Waals surface area contributed by atoms with Gasteiger partial charge in [-0.15, -0.1) is 0 Å². The number of hydrogen-bond acceptors (Lipinski definition) is 5. The van der Waals surface area contributed by atoms with E-state index in [2.05, 4.69) is 0 Å². The van der Waals surface area contributed by atoms with Crippen LogP contribution in [0, 0.1) is 5.41 Å². The maximum Gasteiger partial charge on any atom is 0.410 e. The predicted molar refractivity (Wildman–Crippen MR) is 106 cm³/mol. The molecular formula is C21H36F2N2O4. The maximum atomic E-state index is 14.8. The number of halogens is 2. The van der Waals surface area contributed by atoms with Gasteiger partial charge >= 0.3 is 12.1 Å². The molecule has 2 aliphatic heterocycles. The molecule has 0 spiro atoms. The van der Waals surface area contributed by atoms with Crippen LogP contribution in [0.15, 0.2) is 0 Å². The molecule has 1 amide bonds. The molecule has 2 atom stereocenters. The lowest BCUT2D eigenvalue weighted by molar-refractivity contribution is -0.166. The van der Waals surface area contributed by atoms with E-state index < -0.39 is 47.3 Å². The van der Waals surface area contributed by atoms with E-state index in [-0.39, 0.29) is 5.97 Å². The molecule has 168 valence electrons. The predicted octanol–water partition coefficient (Wildman–Crippen LogP) is 4.07. The van der Waals surface area contributed by atoms with Crippen LogP contribution >= 0.6 is 0 Å². The molecule has 2 aliphatic rings. The Labute approximate surface area is 172 Å². The van der Waals surface area contributed by atoms with Gasteiger partial charge in [-0.3, -0.25) is 14.6 Å². The molecule has 0 radical (unpaired) electrons. The van der Waals surface area contributed by atoms with Crippen molar-refractivity contribution in [2.75, 3.05) is 19.6 Å². The highest BCUT2D eigenvalue weighted by molar-refractivity contribution is 5.76. The molecular weight excluding hydrogens is 382 g/mol. The van der Waals surface area contributed by atoms with Crippen molar-refractivity contribution in [3.05, 3.63) is 0 Å². The van der Waals surface area contributed by atoms with Crippen LogP contribution in [0.2, 0.25) is 0 Å². The van der Waals surface area contributed by atoms with E-state index >= 15 is 0 Å². The molecule has 6 nitrogen and oxygen atoms in total. The minimum absolute atomic E-state index is 0.338. The fourth-order valence-corrected chi connectivity index (χ4v) is 3.86. The second-order valence-corrected chi connectivity index (χ2v) is 10.8. The molecule has 0 saturated carbocycles. The maximum absolute atomic E-state index is 14.8. The number of esters is 1. The zero-order valence-electron chi connectivity index (χ0n) is 19.0. The van der Waals surface area contributed by atoms with Crippen molar-refractivity contribution in [2.45, 2.75) is 97.4 Å². The average molecular weight is 419 g/mol. The molecule has 2 rings (SSSR count). The Morgan fingerprint density at radius 2 is 1.55 bits per heavy atom. The summed E-state index contributed by atoms with van der Waals surface area (Å²) in [5.41, 5.74) is -2.12. The number of nitrogens with zero attached hydrogens (tertiary/aromatic N) is 2. The molecule has 0 aromatic carbocycles. The highest BCUT2D eigenvalue weighted by Crippen LogP contribution is 2.42. The number of hydrogen-bond donors (Lipinski definition) is 0.